The SMILES string of the molecule is CNc1c(NOc2cccc(OC(F)(F)F)c2)c(=O)n(C)c(=O)n1C. The predicted octanol–water partition coefficient (Wildman–Crippen LogP) is 1.43. The number of alkyl halides is 3. The Morgan fingerprint density at radius 1 is 1.08 bits per heavy atom. The third kappa shape index (κ3) is 4.05. The summed E-state index contributed by atoms with van der Waals surface area (Å²) in [5.74, 6) is -0.357. The molecule has 0 saturated carbocycles. The number of nitrogens with zero attached hydrogens (tertiary/aromatic N) is 2. The van der Waals surface area contributed by atoms with E-state index in [1.54, 1.807) is 0 Å². The molecule has 0 aliphatic rings. The van der Waals surface area contributed by atoms with Crippen molar-refractivity contribution in [1.29, 1.82) is 0 Å². The van der Waals surface area contributed by atoms with Crippen molar-refractivity contribution >= 4 is 11.5 Å². The fraction of sp³-hybridized carbons (Fsp3) is 0.286. The fourth-order valence-electron chi connectivity index (χ4n) is 2.07. The Kier molecular flexibility index (Phi) is 4.95. The lowest BCUT2D eigenvalue weighted by atomic mass is 10.3. The van der Waals surface area contributed by atoms with Gasteiger partial charge < -0.3 is 14.9 Å². The van der Waals surface area contributed by atoms with Crippen LogP contribution in [0.2, 0.25) is 0 Å². The number of aromatic nitrogens is 2. The normalized spacial score (nSPS) is 11.1. The van der Waals surface area contributed by atoms with Gasteiger partial charge >= 0.3 is 12.1 Å². The molecule has 8 nitrogen and oxygen atoms in total. The summed E-state index contributed by atoms with van der Waals surface area (Å²) in [5.41, 5.74) is 1.04. The van der Waals surface area contributed by atoms with E-state index in [1.165, 1.54) is 37.8 Å². The number of halogens is 3. The molecule has 136 valence electrons. The van der Waals surface area contributed by atoms with Crippen LogP contribution in [0, 0.1) is 0 Å². The van der Waals surface area contributed by atoms with Gasteiger partial charge in [0.1, 0.15) is 11.6 Å². The molecule has 2 N–H and O–H groups in total. The van der Waals surface area contributed by atoms with Crippen molar-refractivity contribution in [1.82, 2.24) is 9.13 Å². The summed E-state index contributed by atoms with van der Waals surface area (Å²) in [6.45, 7) is 0. The van der Waals surface area contributed by atoms with E-state index in [9.17, 15) is 22.8 Å². The number of rotatable bonds is 5. The highest BCUT2D eigenvalue weighted by molar-refractivity contribution is 5.62. The van der Waals surface area contributed by atoms with Gasteiger partial charge in [-0.25, -0.2) is 10.3 Å². The van der Waals surface area contributed by atoms with E-state index in [4.69, 9.17) is 4.84 Å². The van der Waals surface area contributed by atoms with Gasteiger partial charge in [0.05, 0.1) is 0 Å². The molecule has 0 unspecified atom stereocenters. The van der Waals surface area contributed by atoms with Crippen LogP contribution in [0.4, 0.5) is 24.7 Å². The number of benzene rings is 1. The highest BCUT2D eigenvalue weighted by atomic mass is 19.4. The fourth-order valence-corrected chi connectivity index (χ4v) is 2.07. The molecule has 0 radical (unpaired) electrons. The van der Waals surface area contributed by atoms with Crippen LogP contribution in [0.15, 0.2) is 33.9 Å². The summed E-state index contributed by atoms with van der Waals surface area (Å²) in [6, 6.07) is 4.74. The van der Waals surface area contributed by atoms with Gasteiger partial charge in [-0.15, -0.1) is 13.2 Å². The Morgan fingerprint density at radius 2 is 1.72 bits per heavy atom. The molecule has 1 aromatic carbocycles. The number of hydrogen-bond donors (Lipinski definition) is 2. The first-order valence-electron chi connectivity index (χ1n) is 6.90. The van der Waals surface area contributed by atoms with Crippen LogP contribution in [0.25, 0.3) is 0 Å². The monoisotopic (exact) mass is 360 g/mol. The molecular weight excluding hydrogens is 345 g/mol. The number of anilines is 2. The highest BCUT2D eigenvalue weighted by Crippen LogP contribution is 2.26. The summed E-state index contributed by atoms with van der Waals surface area (Å²) >= 11 is 0. The minimum absolute atomic E-state index is 0.0280. The molecule has 2 rings (SSSR count). The Balaban J connectivity index is 2.30. The van der Waals surface area contributed by atoms with E-state index >= 15 is 0 Å². The van der Waals surface area contributed by atoms with E-state index in [-0.39, 0.29) is 17.3 Å². The molecule has 25 heavy (non-hydrogen) atoms. The van der Waals surface area contributed by atoms with Crippen LogP contribution >= 0.6 is 0 Å². The summed E-state index contributed by atoms with van der Waals surface area (Å²) in [4.78, 5) is 29.2. The Labute approximate surface area is 139 Å². The van der Waals surface area contributed by atoms with Crippen molar-refractivity contribution in [3.63, 3.8) is 0 Å². The van der Waals surface area contributed by atoms with Crippen LogP contribution in [-0.2, 0) is 14.1 Å². The molecule has 0 aliphatic carbocycles. The topological polar surface area (TPSA) is 86.5 Å². The van der Waals surface area contributed by atoms with Crippen LogP contribution < -0.4 is 31.6 Å². The van der Waals surface area contributed by atoms with Gasteiger partial charge in [0, 0.05) is 27.2 Å². The van der Waals surface area contributed by atoms with Crippen LogP contribution in [-0.4, -0.2) is 22.5 Å². The van der Waals surface area contributed by atoms with Gasteiger partial charge in [-0.3, -0.25) is 13.9 Å². The highest BCUT2D eigenvalue weighted by Gasteiger charge is 2.31. The minimum atomic E-state index is -4.83. The quantitative estimate of drug-likeness (QED) is 0.785. The second-order valence-electron chi connectivity index (χ2n) is 4.91. The zero-order chi connectivity index (χ0) is 18.8. The summed E-state index contributed by atoms with van der Waals surface area (Å²) in [7, 11) is 4.22. The average molecular weight is 360 g/mol. The van der Waals surface area contributed by atoms with Crippen LogP contribution in [0.5, 0.6) is 11.5 Å². The molecule has 0 aliphatic heterocycles. The van der Waals surface area contributed by atoms with E-state index < -0.39 is 23.4 Å². The Bertz CT molecular complexity index is 889. The third-order valence-electron chi connectivity index (χ3n) is 3.21. The molecule has 2 aromatic rings. The van der Waals surface area contributed by atoms with Crippen molar-refractivity contribution < 1.29 is 22.7 Å². The molecular formula is C14H15F3N4O4. The second-order valence-corrected chi connectivity index (χ2v) is 4.91. The van der Waals surface area contributed by atoms with Gasteiger partial charge in [-0.2, -0.15) is 0 Å². The maximum atomic E-state index is 12.2. The molecule has 0 amide bonds. The predicted molar refractivity (Wildman–Crippen MR) is 83.8 cm³/mol. The first-order chi connectivity index (χ1) is 11.6. The van der Waals surface area contributed by atoms with Crippen molar-refractivity contribution in [2.45, 2.75) is 6.36 Å². The molecule has 11 heteroatoms. The molecule has 0 spiro atoms. The standard InChI is InChI=1S/C14H15F3N4O4/c1-18-11-10(12(22)21(3)13(23)20(11)2)19-25-9-6-4-5-8(7-9)24-14(15,16)17/h4-7,18-19H,1-3H3. The zero-order valence-corrected chi connectivity index (χ0v) is 13.5. The van der Waals surface area contributed by atoms with E-state index in [2.05, 4.69) is 15.5 Å². The lowest BCUT2D eigenvalue weighted by Crippen LogP contribution is -2.39. The Hall–Kier alpha value is -3.11. The van der Waals surface area contributed by atoms with Crippen molar-refractivity contribution in [2.75, 3.05) is 17.8 Å². The smallest absolute Gasteiger partial charge is 0.406 e. The first kappa shape index (κ1) is 18.2. The lowest BCUT2D eigenvalue weighted by Gasteiger charge is -2.16. The average Bonchev–Trinajstić information content (AvgIpc) is 2.53. The van der Waals surface area contributed by atoms with E-state index in [0.29, 0.717) is 0 Å². The van der Waals surface area contributed by atoms with Gasteiger partial charge in [-0.1, -0.05) is 6.07 Å². The third-order valence-corrected chi connectivity index (χ3v) is 3.21. The largest absolute Gasteiger partial charge is 0.573 e. The van der Waals surface area contributed by atoms with E-state index in [1.807, 2.05) is 0 Å². The van der Waals surface area contributed by atoms with Crippen molar-refractivity contribution in [3.8, 4) is 11.5 Å². The van der Waals surface area contributed by atoms with Crippen molar-refractivity contribution in [3.05, 3.63) is 45.1 Å². The zero-order valence-electron chi connectivity index (χ0n) is 13.5. The van der Waals surface area contributed by atoms with Crippen LogP contribution in [0.1, 0.15) is 0 Å². The number of ether oxygens (including phenoxy) is 1. The van der Waals surface area contributed by atoms with Crippen LogP contribution in [0.3, 0.4) is 0 Å². The second kappa shape index (κ2) is 6.79. The maximum absolute atomic E-state index is 12.2. The number of nitrogens with one attached hydrogen (secondary N) is 2. The molecule has 0 bridgehead atoms. The molecule has 1 aromatic heterocycles. The molecule has 0 fully saturated rings. The minimum Gasteiger partial charge on any atom is -0.406 e. The van der Waals surface area contributed by atoms with Gasteiger partial charge in [0.15, 0.2) is 11.4 Å². The van der Waals surface area contributed by atoms with Gasteiger partial charge in [0.2, 0.25) is 0 Å². The molecule has 0 saturated heterocycles. The van der Waals surface area contributed by atoms with E-state index in [0.717, 1.165) is 16.7 Å². The summed E-state index contributed by atoms with van der Waals surface area (Å²) in [6.07, 6.45) is -4.83. The van der Waals surface area contributed by atoms with Crippen molar-refractivity contribution in [2.24, 2.45) is 14.1 Å². The molecule has 0 atom stereocenters. The van der Waals surface area contributed by atoms with Gasteiger partial charge in [0.25, 0.3) is 5.56 Å². The van der Waals surface area contributed by atoms with Gasteiger partial charge in [-0.05, 0) is 12.1 Å². The number of hydrogen-bond acceptors (Lipinski definition) is 6. The molecule has 1 heterocycles. The summed E-state index contributed by atoms with van der Waals surface area (Å²) < 4.78 is 42.5. The first-order valence-corrected chi connectivity index (χ1v) is 6.90. The maximum Gasteiger partial charge on any atom is 0.573 e. The Morgan fingerprint density at radius 3 is 2.32 bits per heavy atom. The lowest BCUT2D eigenvalue weighted by molar-refractivity contribution is -0.274. The summed E-state index contributed by atoms with van der Waals surface area (Å²) in [5, 5.41) is 2.69.